The number of nitrogens with zero attached hydrogens (tertiary/aromatic N) is 2. The molecule has 0 saturated heterocycles. The van der Waals surface area contributed by atoms with Crippen molar-refractivity contribution in [2.45, 2.75) is 19.3 Å². The molecule has 2 aliphatic rings. The minimum atomic E-state index is -0.695. The molecule has 4 heteroatoms. The van der Waals surface area contributed by atoms with E-state index in [-0.39, 0.29) is 17.8 Å². The van der Waals surface area contributed by atoms with Gasteiger partial charge < -0.3 is 10.6 Å². The largest absolute Gasteiger partial charge is 0.481 e. The second-order valence-electron chi connectivity index (χ2n) is 3.67. The van der Waals surface area contributed by atoms with Crippen LogP contribution in [-0.4, -0.2) is 21.6 Å². The molecule has 2 bridgehead atoms. The minimum absolute atomic E-state index is 0.194. The molecule has 0 aliphatic heterocycles. The van der Waals surface area contributed by atoms with E-state index in [4.69, 9.17) is 10.6 Å². The first-order valence-electron chi connectivity index (χ1n) is 4.16. The highest BCUT2D eigenvalue weighted by atomic mass is 16.4. The highest BCUT2D eigenvalue weighted by molar-refractivity contribution is 5.87. The predicted octanol–water partition coefficient (Wildman–Crippen LogP) is 0.788. The summed E-state index contributed by atoms with van der Waals surface area (Å²) in [5.74, 6) is -0.431. The van der Waals surface area contributed by atoms with Crippen molar-refractivity contribution in [3.63, 3.8) is 0 Å². The Kier molecular flexibility index (Phi) is 1.51. The number of rotatable bonds is 1. The molecule has 1 N–H and O–H groups in total. The van der Waals surface area contributed by atoms with Gasteiger partial charge in [0.1, 0.15) is 0 Å². The van der Waals surface area contributed by atoms with Crippen LogP contribution in [0.3, 0.4) is 0 Å². The van der Waals surface area contributed by atoms with E-state index in [1.165, 1.54) is 0 Å². The molecule has 64 valence electrons. The zero-order valence-corrected chi connectivity index (χ0v) is 6.60. The van der Waals surface area contributed by atoms with Gasteiger partial charge in [-0.15, -0.1) is 0 Å². The summed E-state index contributed by atoms with van der Waals surface area (Å²) in [7, 11) is 0. The fourth-order valence-electron chi connectivity index (χ4n) is 2.48. The summed E-state index contributed by atoms with van der Waals surface area (Å²) in [6, 6.07) is 0. The highest BCUT2D eigenvalue weighted by Crippen LogP contribution is 2.46. The van der Waals surface area contributed by atoms with E-state index in [1.54, 1.807) is 0 Å². The Bertz CT molecular complexity index is 281. The first kappa shape index (κ1) is 7.50. The third-order valence-corrected chi connectivity index (χ3v) is 3.08. The first-order valence-corrected chi connectivity index (χ1v) is 4.16. The second-order valence-corrected chi connectivity index (χ2v) is 3.67. The fourth-order valence-corrected chi connectivity index (χ4v) is 2.48. The Morgan fingerprint density at radius 3 is 2.75 bits per heavy atom. The average molecular weight is 166 g/mol. The van der Waals surface area contributed by atoms with Crippen LogP contribution in [0.5, 0.6) is 0 Å². The van der Waals surface area contributed by atoms with Crippen molar-refractivity contribution in [3.8, 4) is 0 Å². The van der Waals surface area contributed by atoms with Crippen molar-refractivity contribution < 1.29 is 14.7 Å². The molecule has 0 radical (unpaired) electrons. The molecule has 0 amide bonds. The molecule has 3 unspecified atom stereocenters. The number of fused-ring (bicyclic) bond motifs is 2. The Hall–Kier alpha value is -1.15. The molecule has 2 saturated carbocycles. The SMILES string of the molecule is [N-]=[N+]=C1CC2CC1CC2C(=O)O. The van der Waals surface area contributed by atoms with E-state index < -0.39 is 5.97 Å². The molecule has 0 heterocycles. The van der Waals surface area contributed by atoms with E-state index >= 15 is 0 Å². The highest BCUT2D eigenvalue weighted by Gasteiger charge is 2.50. The summed E-state index contributed by atoms with van der Waals surface area (Å²) in [5, 5.41) is 8.79. The van der Waals surface area contributed by atoms with Crippen molar-refractivity contribution in [2.24, 2.45) is 17.8 Å². The molecule has 0 spiro atoms. The van der Waals surface area contributed by atoms with E-state index in [9.17, 15) is 4.79 Å². The third-order valence-electron chi connectivity index (χ3n) is 3.08. The lowest BCUT2D eigenvalue weighted by molar-refractivity contribution is -0.143. The van der Waals surface area contributed by atoms with Crippen LogP contribution in [0.25, 0.3) is 5.53 Å². The molecular formula is C8H10N2O2. The number of carboxylic acids is 1. The lowest BCUT2D eigenvalue weighted by Crippen LogP contribution is -2.24. The maximum Gasteiger partial charge on any atom is 0.306 e. The molecule has 3 atom stereocenters. The Labute approximate surface area is 69.8 Å². The predicted molar refractivity (Wildman–Crippen MR) is 40.6 cm³/mol. The van der Waals surface area contributed by atoms with Crippen molar-refractivity contribution >= 4 is 11.7 Å². The van der Waals surface area contributed by atoms with Gasteiger partial charge in [-0.1, -0.05) is 0 Å². The molecule has 2 fully saturated rings. The summed E-state index contributed by atoms with van der Waals surface area (Å²) in [6.45, 7) is 0. The number of carbonyl (C=O) groups is 1. The van der Waals surface area contributed by atoms with Gasteiger partial charge in [-0.3, -0.25) is 4.79 Å². The molecule has 2 aliphatic carbocycles. The zero-order valence-electron chi connectivity index (χ0n) is 6.60. The van der Waals surface area contributed by atoms with Gasteiger partial charge in [0.15, 0.2) is 0 Å². The monoisotopic (exact) mass is 166 g/mol. The lowest BCUT2D eigenvalue weighted by atomic mass is 9.88. The van der Waals surface area contributed by atoms with Gasteiger partial charge in [0.25, 0.3) is 5.71 Å². The van der Waals surface area contributed by atoms with Crippen molar-refractivity contribution in [2.75, 3.05) is 0 Å². The maximum atomic E-state index is 10.7. The van der Waals surface area contributed by atoms with E-state index in [0.717, 1.165) is 12.1 Å². The third kappa shape index (κ3) is 0.883. The van der Waals surface area contributed by atoms with Crippen LogP contribution in [0.1, 0.15) is 19.3 Å². The van der Waals surface area contributed by atoms with Gasteiger partial charge in [0, 0.05) is 6.42 Å². The number of carboxylic acid groups (broad SMARTS) is 1. The van der Waals surface area contributed by atoms with Gasteiger partial charge in [-0.25, -0.2) is 0 Å². The molecular weight excluding hydrogens is 156 g/mol. The summed E-state index contributed by atoms with van der Waals surface area (Å²) in [5.41, 5.74) is 9.36. The molecule has 12 heavy (non-hydrogen) atoms. The zero-order chi connectivity index (χ0) is 8.72. The summed E-state index contributed by atoms with van der Waals surface area (Å²) >= 11 is 0. The second kappa shape index (κ2) is 2.42. The van der Waals surface area contributed by atoms with Gasteiger partial charge in [-0.2, -0.15) is 4.79 Å². The normalized spacial score (nSPS) is 38.3. The number of hydrogen-bond donors (Lipinski definition) is 1. The van der Waals surface area contributed by atoms with Gasteiger partial charge in [0.2, 0.25) is 0 Å². The molecule has 0 aromatic rings. The molecule has 2 rings (SSSR count). The van der Waals surface area contributed by atoms with Gasteiger partial charge in [-0.05, 0) is 18.8 Å². The van der Waals surface area contributed by atoms with Crippen LogP contribution < -0.4 is 0 Å². The fraction of sp³-hybridized carbons (Fsp3) is 0.750. The van der Waals surface area contributed by atoms with Crippen molar-refractivity contribution in [3.05, 3.63) is 5.53 Å². The quantitative estimate of drug-likeness (QED) is 0.462. The summed E-state index contributed by atoms with van der Waals surface area (Å²) in [4.78, 5) is 13.9. The van der Waals surface area contributed by atoms with Crippen LogP contribution in [0.15, 0.2) is 0 Å². The first-order chi connectivity index (χ1) is 5.72. The minimum Gasteiger partial charge on any atom is -0.481 e. The van der Waals surface area contributed by atoms with Crippen LogP contribution >= 0.6 is 0 Å². The van der Waals surface area contributed by atoms with Crippen LogP contribution in [0.2, 0.25) is 0 Å². The van der Waals surface area contributed by atoms with Gasteiger partial charge in [0.05, 0.1) is 11.8 Å². The summed E-state index contributed by atoms with van der Waals surface area (Å²) < 4.78 is 0. The average Bonchev–Trinajstić information content (AvgIpc) is 2.60. The van der Waals surface area contributed by atoms with Crippen molar-refractivity contribution in [1.29, 1.82) is 0 Å². The number of hydrogen-bond acceptors (Lipinski definition) is 1. The topological polar surface area (TPSA) is 73.7 Å². The van der Waals surface area contributed by atoms with Crippen LogP contribution in [-0.2, 0) is 4.79 Å². The molecule has 0 aromatic carbocycles. The summed E-state index contributed by atoms with van der Waals surface area (Å²) in [6.07, 6.45) is 2.24. The molecule has 4 nitrogen and oxygen atoms in total. The number of aliphatic carboxylic acids is 1. The smallest absolute Gasteiger partial charge is 0.306 e. The molecule has 0 aromatic heterocycles. The van der Waals surface area contributed by atoms with Crippen LogP contribution in [0.4, 0.5) is 0 Å². The van der Waals surface area contributed by atoms with Crippen LogP contribution in [0, 0.1) is 17.8 Å². The Balaban J connectivity index is 2.18. The Morgan fingerprint density at radius 2 is 2.33 bits per heavy atom. The standard InChI is InChI=1S/C8H10N2O2/c9-10-7-3-4-1-5(7)2-6(4)8(11)12/h4-6H,1-3H2,(H,11,12). The van der Waals surface area contributed by atoms with E-state index in [2.05, 4.69) is 4.79 Å². The lowest BCUT2D eigenvalue weighted by Gasteiger charge is -2.13. The van der Waals surface area contributed by atoms with Crippen molar-refractivity contribution in [1.82, 2.24) is 0 Å². The maximum absolute atomic E-state index is 10.7. The van der Waals surface area contributed by atoms with E-state index in [1.807, 2.05) is 0 Å². The Morgan fingerprint density at radius 1 is 1.58 bits per heavy atom. The van der Waals surface area contributed by atoms with Gasteiger partial charge >= 0.3 is 5.97 Å². The van der Waals surface area contributed by atoms with E-state index in [0.29, 0.717) is 12.8 Å².